The Kier molecular flexibility index (Phi) is 24.1. The highest BCUT2D eigenvalue weighted by Gasteiger charge is 2.60. The monoisotopic (exact) mass is 709 g/mol. The van der Waals surface area contributed by atoms with Crippen molar-refractivity contribution in [3.05, 3.63) is 23.8 Å². The zero-order valence-corrected chi connectivity index (χ0v) is 42.3. The molecule has 0 atom stereocenters. The van der Waals surface area contributed by atoms with Gasteiger partial charge in [0.2, 0.25) is 0 Å². The maximum atomic E-state index is 6.34. The largest absolute Gasteiger partial charge is 0.399 e. The lowest BCUT2D eigenvalue weighted by Crippen LogP contribution is -2.91. The van der Waals surface area contributed by atoms with Crippen molar-refractivity contribution >= 4 is 309 Å². The molecule has 0 unspecified atom stereocenters. The van der Waals surface area contributed by atoms with Crippen LogP contribution in [0.2, 0.25) is 5.82 Å². The number of anilines is 2. The number of hydrogen-bond donors (Lipinski definition) is 2. The van der Waals surface area contributed by atoms with Crippen LogP contribution in [0.4, 0.5) is 11.4 Å². The van der Waals surface area contributed by atoms with E-state index in [9.17, 15) is 0 Å². The Hall–Kier alpha value is 1.55. The van der Waals surface area contributed by atoms with E-state index in [0.29, 0.717) is 127 Å². The van der Waals surface area contributed by atoms with Crippen LogP contribution in [0.3, 0.4) is 0 Å². The van der Waals surface area contributed by atoms with Crippen LogP contribution < -0.4 is 11.5 Å². The quantitative estimate of drug-likeness (QED) is 0.0882. The maximum absolute atomic E-state index is 6.34. The Morgan fingerprint density at radius 2 is 0.737 bits per heavy atom. The Labute approximate surface area is 385 Å². The SMILES string of the molecule is BBB(B(B)B)B(B(B)B)B(B(B(B(B)B)B(B)B)B(B(B)B)B(B)B)B(B(B(B(B)B)B(B)B)B(B(B)B)B(B)B)C1CCC(Cc2cc(N)cc(N)c2)CC1. The highest BCUT2D eigenvalue weighted by molar-refractivity contribution is 8.29. The van der Waals surface area contributed by atoms with Crippen molar-refractivity contribution < 1.29 is 0 Å². The van der Waals surface area contributed by atoms with E-state index in [1.807, 2.05) is 6.07 Å². The van der Waals surface area contributed by atoms with Crippen LogP contribution >= 0.6 is 0 Å². The first-order valence-electron chi connectivity index (χ1n) is 25.0. The molecule has 0 heterocycles. The smallest absolute Gasteiger partial charge is 0.0593 e. The van der Waals surface area contributed by atoms with Gasteiger partial charge in [0.1, 0.15) is 0 Å². The van der Waals surface area contributed by atoms with Crippen molar-refractivity contribution in [1.29, 1.82) is 0 Å². The Bertz CT molecular complexity index is 1190. The standard InChI is InChI=1S/C13H62B42N2/c14-35-47(37(15)16)54(46(33)34)49(55(52(42(25)26)43(27)28)53(44(29)30)45(31)32)36(48(50(38(17)18)39(19)20)51(40(21)22)41(23)24)11-3-1-9(2-4-11)5-10-6-12(56)8-13(57)7-10/h6-9,11,35H,1-5,14-34,56-57H2. The third-order valence-corrected chi connectivity index (χ3v) is 16.3. The van der Waals surface area contributed by atoms with Gasteiger partial charge in [-0.05, 0) is 36.1 Å². The van der Waals surface area contributed by atoms with Crippen molar-refractivity contribution in [1.82, 2.24) is 0 Å². The van der Waals surface area contributed by atoms with Crippen molar-refractivity contribution in [3.63, 3.8) is 0 Å². The lowest BCUT2D eigenvalue weighted by atomic mass is 8.29. The number of nitrogen functional groups attached to an aromatic ring is 2. The molecule has 250 valence electrons. The topological polar surface area (TPSA) is 52.0 Å². The van der Waals surface area contributed by atoms with Gasteiger partial charge in [-0.3, -0.25) is 0 Å². The van der Waals surface area contributed by atoms with E-state index < -0.39 is 0 Å². The van der Waals surface area contributed by atoms with Crippen molar-refractivity contribution in [2.75, 3.05) is 11.5 Å². The Balaban J connectivity index is 3.24. The molecule has 0 radical (unpaired) electrons. The first-order valence-corrected chi connectivity index (χ1v) is 25.0. The summed E-state index contributed by atoms with van der Waals surface area (Å²) >= 11 is 0. The van der Waals surface area contributed by atoms with E-state index >= 15 is 0 Å². The zero-order valence-electron chi connectivity index (χ0n) is 42.3. The van der Waals surface area contributed by atoms with E-state index in [0.717, 1.165) is 30.0 Å². The summed E-state index contributed by atoms with van der Waals surface area (Å²) in [6, 6.07) is 6.29. The predicted octanol–water partition coefficient (Wildman–Crippen LogP) is -24.6. The van der Waals surface area contributed by atoms with Gasteiger partial charge in [0.15, 0.2) is 0 Å². The minimum absolute atomic E-state index is 0.645. The molecular weight excluding hydrogens is 638 g/mol. The molecule has 0 spiro atoms. The van der Waals surface area contributed by atoms with Gasteiger partial charge in [0, 0.05) is 146 Å². The van der Waals surface area contributed by atoms with Gasteiger partial charge in [-0.1, -0.05) is 31.5 Å². The molecule has 1 aliphatic rings. The average Bonchev–Trinajstić information content (AvgIpc) is 3.04. The normalized spacial score (nSPS) is 14.3. The van der Waals surface area contributed by atoms with Crippen LogP contribution in [0.1, 0.15) is 31.2 Å². The molecule has 1 aromatic rings. The second-order valence-electron chi connectivity index (χ2n) is 23.7. The van der Waals surface area contributed by atoms with Crippen LogP contribution in [0.15, 0.2) is 18.2 Å². The van der Waals surface area contributed by atoms with Gasteiger partial charge in [-0.25, -0.2) is 0 Å². The molecule has 0 aromatic heterocycles. The van der Waals surface area contributed by atoms with E-state index in [1.54, 1.807) is 0 Å². The van der Waals surface area contributed by atoms with Crippen LogP contribution in [0.25, 0.3) is 0 Å². The molecule has 1 aromatic carbocycles. The van der Waals surface area contributed by atoms with Gasteiger partial charge in [0.05, 0.1) is 162 Å². The highest BCUT2D eigenvalue weighted by Crippen LogP contribution is 2.40. The Morgan fingerprint density at radius 1 is 0.421 bits per heavy atom. The lowest BCUT2D eigenvalue weighted by molar-refractivity contribution is 0.356. The molecule has 0 saturated heterocycles. The molecule has 1 aliphatic carbocycles. The summed E-state index contributed by atoms with van der Waals surface area (Å²) in [5.41, 5.74) is 15.6. The second-order valence-corrected chi connectivity index (χ2v) is 23.7. The number of hydrogen-bond acceptors (Lipinski definition) is 2. The molecule has 1 saturated carbocycles. The van der Waals surface area contributed by atoms with E-state index in [4.69, 9.17) is 11.5 Å². The molecule has 44 heteroatoms. The number of rotatable bonds is 23. The van der Waals surface area contributed by atoms with Gasteiger partial charge in [-0.2, -0.15) is 0 Å². The van der Waals surface area contributed by atoms with Crippen LogP contribution in [-0.4, -0.2) is 297 Å². The molecule has 2 nitrogen and oxygen atoms in total. The van der Waals surface area contributed by atoms with Crippen molar-refractivity contribution in [2.24, 2.45) is 5.92 Å². The van der Waals surface area contributed by atoms with Crippen molar-refractivity contribution in [2.45, 2.75) is 37.9 Å². The molecule has 2 rings (SSSR count). The molecule has 4 N–H and O–H groups in total. The maximum Gasteiger partial charge on any atom is 0.0593 e. The molecule has 0 amide bonds. The van der Waals surface area contributed by atoms with E-state index in [1.165, 1.54) is 38.3 Å². The summed E-state index contributed by atoms with van der Waals surface area (Å²) in [4.78, 5) is 0. The summed E-state index contributed by atoms with van der Waals surface area (Å²) in [6.45, 7) is 0.698. The van der Waals surface area contributed by atoms with Gasteiger partial charge in [-0.15, -0.1) is 0 Å². The first kappa shape index (κ1) is 54.7. The lowest BCUT2D eigenvalue weighted by Gasteiger charge is -2.55. The summed E-state index contributed by atoms with van der Waals surface area (Å²) in [5, 5.41) is 0. The predicted molar refractivity (Wildman–Crippen MR) is 366 cm³/mol. The van der Waals surface area contributed by atoms with Gasteiger partial charge >= 0.3 is 0 Å². The molecule has 1 fully saturated rings. The third kappa shape index (κ3) is 14.8. The fraction of sp³-hybridized carbons (Fsp3) is 0.538. The molecule has 57 heavy (non-hydrogen) atoms. The molecule has 0 aliphatic heterocycles. The Morgan fingerprint density at radius 3 is 1.04 bits per heavy atom. The van der Waals surface area contributed by atoms with E-state index in [2.05, 4.69) is 175 Å². The summed E-state index contributed by atoms with van der Waals surface area (Å²) in [7, 11) is 56.0. The van der Waals surface area contributed by atoms with Gasteiger partial charge in [0.25, 0.3) is 0 Å². The number of nitrogens with two attached hydrogens (primary N) is 2. The van der Waals surface area contributed by atoms with Crippen LogP contribution in [-0.2, 0) is 6.42 Å². The van der Waals surface area contributed by atoms with Crippen molar-refractivity contribution in [3.8, 4) is 0 Å². The summed E-state index contributed by atoms with van der Waals surface area (Å²) in [5.74, 6) is 1.45. The average molecular weight is 701 g/mol. The fourth-order valence-electron chi connectivity index (χ4n) is 15.2. The minimum Gasteiger partial charge on any atom is -0.399 e. The first-order chi connectivity index (χ1) is 26.4. The fourth-order valence-corrected chi connectivity index (χ4v) is 15.2. The highest BCUT2D eigenvalue weighted by atomic mass is 14.6. The molecular formula is C13H62B42N2. The minimum atomic E-state index is 0.645. The van der Waals surface area contributed by atoms with E-state index in [-0.39, 0.29) is 0 Å². The van der Waals surface area contributed by atoms with Crippen LogP contribution in [0, 0.1) is 5.92 Å². The van der Waals surface area contributed by atoms with Gasteiger partial charge < -0.3 is 11.5 Å². The molecule has 0 bridgehead atoms. The zero-order chi connectivity index (χ0) is 43.8. The summed E-state index contributed by atoms with van der Waals surface area (Å²) < 4.78 is 0. The van der Waals surface area contributed by atoms with Crippen LogP contribution in [0.5, 0.6) is 0 Å². The second kappa shape index (κ2) is 25.1. The summed E-state index contributed by atoms with van der Waals surface area (Å²) in [6.07, 6.45) is 19.3. The number of benzene rings is 1. The third-order valence-electron chi connectivity index (χ3n) is 16.3.